The van der Waals surface area contributed by atoms with Crippen LogP contribution in [-0.2, 0) is 16.1 Å². The molecule has 0 saturated carbocycles. The fraction of sp³-hybridized carbons (Fsp3) is 0.333. The van der Waals surface area contributed by atoms with Crippen LogP contribution in [-0.4, -0.2) is 33.3 Å². The largest absolute Gasteiger partial charge is 0.508 e. The summed E-state index contributed by atoms with van der Waals surface area (Å²) in [5.41, 5.74) is 0.569. The van der Waals surface area contributed by atoms with Crippen molar-refractivity contribution in [1.29, 1.82) is 0 Å². The van der Waals surface area contributed by atoms with Crippen molar-refractivity contribution < 1.29 is 24.9 Å². The zero-order chi connectivity index (χ0) is 13.5. The van der Waals surface area contributed by atoms with Gasteiger partial charge in [-0.1, -0.05) is 18.2 Å². The molecule has 4 N–H and O–H groups in total. The standard InChI is InChI=1S/C12H15NO5/c14-10-4-2-1-3-8(10)7-13-9(12(17)18)5-6-11(15)16/h1-4,9,13-14H,5-7H2,(H,15,16)(H,17,18)/t9-/m0/s1. The number of nitrogens with one attached hydrogen (secondary N) is 1. The number of phenols is 1. The Hall–Kier alpha value is -2.08. The summed E-state index contributed by atoms with van der Waals surface area (Å²) in [6.07, 6.45) is -0.219. The van der Waals surface area contributed by atoms with Gasteiger partial charge in [-0.25, -0.2) is 0 Å². The van der Waals surface area contributed by atoms with Crippen molar-refractivity contribution in [2.75, 3.05) is 0 Å². The van der Waals surface area contributed by atoms with E-state index in [-0.39, 0.29) is 25.1 Å². The number of carboxylic acids is 2. The molecule has 6 nitrogen and oxygen atoms in total. The smallest absolute Gasteiger partial charge is 0.320 e. The average Bonchev–Trinajstić information content (AvgIpc) is 2.30. The molecule has 0 saturated heterocycles. The Kier molecular flexibility index (Phi) is 5.13. The lowest BCUT2D eigenvalue weighted by atomic mass is 10.1. The number of para-hydroxylation sites is 1. The molecule has 0 aliphatic heterocycles. The van der Waals surface area contributed by atoms with Gasteiger partial charge in [0.2, 0.25) is 0 Å². The SMILES string of the molecule is O=C(O)CC[C@H](NCc1ccccc1O)C(=O)O. The zero-order valence-electron chi connectivity index (χ0n) is 9.67. The molecule has 0 radical (unpaired) electrons. The number of hydrogen-bond donors (Lipinski definition) is 4. The lowest BCUT2D eigenvalue weighted by Gasteiger charge is -2.13. The molecule has 1 aromatic rings. The lowest BCUT2D eigenvalue weighted by molar-refractivity contribution is -0.140. The molecule has 0 spiro atoms. The molecule has 0 fully saturated rings. The third-order valence-electron chi connectivity index (χ3n) is 2.48. The highest BCUT2D eigenvalue weighted by molar-refractivity contribution is 5.75. The van der Waals surface area contributed by atoms with E-state index in [1.54, 1.807) is 18.2 Å². The van der Waals surface area contributed by atoms with Crippen molar-refractivity contribution >= 4 is 11.9 Å². The first-order chi connectivity index (χ1) is 8.50. The number of benzene rings is 1. The Morgan fingerprint density at radius 3 is 2.44 bits per heavy atom. The highest BCUT2D eigenvalue weighted by Gasteiger charge is 2.18. The minimum absolute atomic E-state index is 0.00172. The summed E-state index contributed by atoms with van der Waals surface area (Å²) in [6, 6.07) is 5.62. The Morgan fingerprint density at radius 1 is 1.22 bits per heavy atom. The van der Waals surface area contributed by atoms with Crippen molar-refractivity contribution in [3.63, 3.8) is 0 Å². The molecule has 0 amide bonds. The van der Waals surface area contributed by atoms with Gasteiger partial charge < -0.3 is 20.6 Å². The molecule has 0 aliphatic carbocycles. The molecule has 0 aromatic heterocycles. The van der Waals surface area contributed by atoms with E-state index in [2.05, 4.69) is 5.32 Å². The van der Waals surface area contributed by atoms with E-state index in [1.165, 1.54) is 6.07 Å². The van der Waals surface area contributed by atoms with Crippen LogP contribution in [0.5, 0.6) is 5.75 Å². The van der Waals surface area contributed by atoms with E-state index in [4.69, 9.17) is 10.2 Å². The fourth-order valence-electron chi connectivity index (χ4n) is 1.47. The number of phenolic OH excluding ortho intramolecular Hbond substituents is 1. The maximum absolute atomic E-state index is 10.9. The Balaban J connectivity index is 2.55. The molecule has 0 aliphatic rings. The fourth-order valence-corrected chi connectivity index (χ4v) is 1.47. The number of aromatic hydroxyl groups is 1. The van der Waals surface area contributed by atoms with Gasteiger partial charge in [0.05, 0.1) is 0 Å². The summed E-state index contributed by atoms with van der Waals surface area (Å²) < 4.78 is 0. The quantitative estimate of drug-likeness (QED) is 0.572. The van der Waals surface area contributed by atoms with Crippen LogP contribution in [0.1, 0.15) is 18.4 Å². The van der Waals surface area contributed by atoms with Crippen LogP contribution in [0.3, 0.4) is 0 Å². The van der Waals surface area contributed by atoms with Gasteiger partial charge in [0.25, 0.3) is 0 Å². The maximum Gasteiger partial charge on any atom is 0.320 e. The van der Waals surface area contributed by atoms with Crippen LogP contribution in [0.15, 0.2) is 24.3 Å². The van der Waals surface area contributed by atoms with Crippen molar-refractivity contribution in [1.82, 2.24) is 5.32 Å². The van der Waals surface area contributed by atoms with Crippen molar-refractivity contribution in [3.05, 3.63) is 29.8 Å². The number of aliphatic carboxylic acids is 2. The predicted molar refractivity (Wildman–Crippen MR) is 63.2 cm³/mol. The predicted octanol–water partition coefficient (Wildman–Crippen LogP) is 0.800. The summed E-state index contributed by atoms with van der Waals surface area (Å²) in [5, 5.41) is 29.6. The van der Waals surface area contributed by atoms with E-state index in [9.17, 15) is 14.7 Å². The van der Waals surface area contributed by atoms with Crippen LogP contribution < -0.4 is 5.32 Å². The number of hydrogen-bond acceptors (Lipinski definition) is 4. The van der Waals surface area contributed by atoms with Crippen LogP contribution in [0.2, 0.25) is 0 Å². The van der Waals surface area contributed by atoms with Crippen LogP contribution in [0.4, 0.5) is 0 Å². The first-order valence-electron chi connectivity index (χ1n) is 5.45. The lowest BCUT2D eigenvalue weighted by Crippen LogP contribution is -2.36. The van der Waals surface area contributed by atoms with E-state index >= 15 is 0 Å². The van der Waals surface area contributed by atoms with Crippen LogP contribution in [0, 0.1) is 0 Å². The van der Waals surface area contributed by atoms with Gasteiger partial charge in [-0.2, -0.15) is 0 Å². The Morgan fingerprint density at radius 2 is 1.89 bits per heavy atom. The van der Waals surface area contributed by atoms with E-state index < -0.39 is 18.0 Å². The first-order valence-corrected chi connectivity index (χ1v) is 5.45. The minimum Gasteiger partial charge on any atom is -0.508 e. The summed E-state index contributed by atoms with van der Waals surface area (Å²) in [5.74, 6) is -2.07. The third-order valence-corrected chi connectivity index (χ3v) is 2.48. The van der Waals surface area contributed by atoms with Gasteiger partial charge in [0.1, 0.15) is 11.8 Å². The highest BCUT2D eigenvalue weighted by Crippen LogP contribution is 2.15. The van der Waals surface area contributed by atoms with Gasteiger partial charge in [0.15, 0.2) is 0 Å². The second-order valence-corrected chi connectivity index (χ2v) is 3.83. The molecule has 0 heterocycles. The number of carbonyl (C=O) groups is 2. The monoisotopic (exact) mass is 253 g/mol. The molecule has 1 rings (SSSR count). The van der Waals surface area contributed by atoms with Crippen LogP contribution >= 0.6 is 0 Å². The minimum atomic E-state index is -1.10. The van der Waals surface area contributed by atoms with Crippen molar-refractivity contribution in [3.8, 4) is 5.75 Å². The molecular weight excluding hydrogens is 238 g/mol. The van der Waals surface area contributed by atoms with Gasteiger partial charge >= 0.3 is 11.9 Å². The average molecular weight is 253 g/mol. The summed E-state index contributed by atoms with van der Waals surface area (Å²) in [4.78, 5) is 21.3. The number of rotatable bonds is 7. The zero-order valence-corrected chi connectivity index (χ0v) is 9.67. The summed E-state index contributed by atoms with van der Waals surface area (Å²) >= 11 is 0. The van der Waals surface area contributed by atoms with Gasteiger partial charge in [-0.15, -0.1) is 0 Å². The van der Waals surface area contributed by atoms with Crippen molar-refractivity contribution in [2.45, 2.75) is 25.4 Å². The van der Waals surface area contributed by atoms with E-state index in [1.807, 2.05) is 0 Å². The maximum atomic E-state index is 10.9. The number of carboxylic acid groups (broad SMARTS) is 2. The molecule has 1 aromatic carbocycles. The Bertz CT molecular complexity index is 432. The normalized spacial score (nSPS) is 12.0. The van der Waals surface area contributed by atoms with E-state index in [0.29, 0.717) is 5.56 Å². The van der Waals surface area contributed by atoms with Gasteiger partial charge in [0, 0.05) is 18.5 Å². The molecule has 0 bridgehead atoms. The molecular formula is C12H15NO5. The summed E-state index contributed by atoms with van der Waals surface area (Å²) in [6.45, 7) is 0.170. The molecule has 1 atom stereocenters. The molecule has 0 unspecified atom stereocenters. The topological polar surface area (TPSA) is 107 Å². The molecule has 98 valence electrons. The third kappa shape index (κ3) is 4.42. The second kappa shape index (κ2) is 6.61. The van der Waals surface area contributed by atoms with Gasteiger partial charge in [-0.3, -0.25) is 9.59 Å². The van der Waals surface area contributed by atoms with E-state index in [0.717, 1.165) is 0 Å². The molecule has 18 heavy (non-hydrogen) atoms. The second-order valence-electron chi connectivity index (χ2n) is 3.83. The van der Waals surface area contributed by atoms with Crippen LogP contribution in [0.25, 0.3) is 0 Å². The molecule has 6 heteroatoms. The Labute approximate surface area is 104 Å². The van der Waals surface area contributed by atoms with Gasteiger partial charge in [-0.05, 0) is 12.5 Å². The van der Waals surface area contributed by atoms with Crippen molar-refractivity contribution in [2.24, 2.45) is 0 Å². The summed E-state index contributed by atoms with van der Waals surface area (Å²) in [7, 11) is 0. The highest BCUT2D eigenvalue weighted by atomic mass is 16.4. The first kappa shape index (κ1) is 14.0.